The van der Waals surface area contributed by atoms with E-state index in [1.54, 1.807) is 33.8 Å². The predicted octanol–water partition coefficient (Wildman–Crippen LogP) is 1.16. The molecule has 0 aromatic carbocycles. The molecule has 9 heteroatoms. The molecule has 1 aliphatic rings. The van der Waals surface area contributed by atoms with Crippen LogP contribution >= 0.6 is 0 Å². The molecule has 152 valence electrons. The van der Waals surface area contributed by atoms with Gasteiger partial charge in [0, 0.05) is 31.9 Å². The van der Waals surface area contributed by atoms with Crippen LogP contribution in [0.25, 0.3) is 0 Å². The van der Waals surface area contributed by atoms with Gasteiger partial charge in [-0.3, -0.25) is 0 Å². The maximum atomic E-state index is 13.1. The summed E-state index contributed by atoms with van der Waals surface area (Å²) in [5.41, 5.74) is 1.88. The lowest BCUT2D eigenvalue weighted by Crippen LogP contribution is -2.42. The van der Waals surface area contributed by atoms with E-state index in [1.807, 2.05) is 0 Å². The molecular weight excluding hydrogens is 372 g/mol. The van der Waals surface area contributed by atoms with E-state index < -0.39 is 26.8 Å². The fourth-order valence-electron chi connectivity index (χ4n) is 3.25. The highest BCUT2D eigenvalue weighted by atomic mass is 32.2. The van der Waals surface area contributed by atoms with Crippen LogP contribution in [-0.4, -0.2) is 58.5 Å². The second-order valence-corrected chi connectivity index (χ2v) is 10.1. The molecule has 0 radical (unpaired) electrons. The summed E-state index contributed by atoms with van der Waals surface area (Å²) in [6.45, 7) is 6.46. The van der Waals surface area contributed by atoms with E-state index in [4.69, 9.17) is 4.74 Å². The summed E-state index contributed by atoms with van der Waals surface area (Å²) in [7, 11) is -3.67. The largest absolute Gasteiger partial charge is 0.461 e. The molecule has 1 atom stereocenters. The smallest absolute Gasteiger partial charge is 0.356 e. The zero-order chi connectivity index (χ0) is 20.4. The Labute approximate surface area is 160 Å². The molecule has 2 heterocycles. The molecule has 0 bridgehead atoms. The van der Waals surface area contributed by atoms with Crippen LogP contribution < -0.4 is 0 Å². The van der Waals surface area contributed by atoms with Crippen molar-refractivity contribution >= 4 is 16.0 Å². The van der Waals surface area contributed by atoms with Gasteiger partial charge in [0.25, 0.3) is 0 Å². The predicted molar refractivity (Wildman–Crippen MR) is 99.6 cm³/mol. The number of esters is 1. The number of rotatable bonds is 7. The molecule has 0 fully saturated rings. The monoisotopic (exact) mass is 400 g/mol. The third-order valence-electron chi connectivity index (χ3n) is 4.55. The highest BCUT2D eigenvalue weighted by Gasteiger charge is 2.45. The van der Waals surface area contributed by atoms with Crippen molar-refractivity contribution in [1.82, 2.24) is 9.29 Å². The number of carbonyl (C=O) groups is 1. The number of carbonyl (C=O) groups excluding carboxylic acids is 1. The highest BCUT2D eigenvalue weighted by Crippen LogP contribution is 2.42. The van der Waals surface area contributed by atoms with Gasteiger partial charge < -0.3 is 14.9 Å². The van der Waals surface area contributed by atoms with Gasteiger partial charge in [-0.15, -0.1) is 0 Å². The molecule has 2 N–H and O–H groups in total. The van der Waals surface area contributed by atoms with Crippen molar-refractivity contribution < 1.29 is 28.2 Å². The molecule has 0 amide bonds. The lowest BCUT2D eigenvalue weighted by atomic mass is 9.98. The Balaban J connectivity index is 2.61. The zero-order valence-electron chi connectivity index (χ0n) is 16.2. The van der Waals surface area contributed by atoms with Crippen LogP contribution in [0.5, 0.6) is 0 Å². The van der Waals surface area contributed by atoms with Crippen molar-refractivity contribution in [2.24, 2.45) is 0 Å². The van der Waals surface area contributed by atoms with Crippen LogP contribution in [0.4, 0.5) is 0 Å². The molecule has 27 heavy (non-hydrogen) atoms. The van der Waals surface area contributed by atoms with Crippen LogP contribution in [0.3, 0.4) is 0 Å². The van der Waals surface area contributed by atoms with Gasteiger partial charge in [-0.1, -0.05) is 0 Å². The van der Waals surface area contributed by atoms with Crippen molar-refractivity contribution in [3.8, 4) is 0 Å². The number of sulfonamides is 1. The Bertz CT molecular complexity index is 801. The summed E-state index contributed by atoms with van der Waals surface area (Å²) >= 11 is 0. The fourth-order valence-corrected chi connectivity index (χ4v) is 4.80. The maximum absolute atomic E-state index is 13.1. The number of hydrogen-bond acceptors (Lipinski definition) is 7. The minimum atomic E-state index is -3.67. The highest BCUT2D eigenvalue weighted by molar-refractivity contribution is 7.90. The number of aromatic nitrogens is 1. The molecule has 1 aromatic heterocycles. The number of pyridine rings is 1. The van der Waals surface area contributed by atoms with E-state index >= 15 is 0 Å². The lowest BCUT2D eigenvalue weighted by Gasteiger charge is -2.31. The average Bonchev–Trinajstić information content (AvgIpc) is 2.94. The number of fused-ring (bicyclic) bond motifs is 1. The Morgan fingerprint density at radius 2 is 2.00 bits per heavy atom. The van der Waals surface area contributed by atoms with Crippen molar-refractivity contribution in [2.75, 3.05) is 19.8 Å². The molecule has 8 nitrogen and oxygen atoms in total. The minimum Gasteiger partial charge on any atom is -0.461 e. The van der Waals surface area contributed by atoms with Gasteiger partial charge in [0.05, 0.1) is 17.4 Å². The van der Waals surface area contributed by atoms with Gasteiger partial charge in [-0.25, -0.2) is 18.2 Å². The van der Waals surface area contributed by atoms with Crippen molar-refractivity contribution in [3.63, 3.8) is 0 Å². The van der Waals surface area contributed by atoms with E-state index in [-0.39, 0.29) is 44.9 Å². The molecule has 0 saturated carbocycles. The quantitative estimate of drug-likeness (QED) is 0.660. The SMILES string of the molecule is CCOC(=O)c1cc2c(c(CCO)n1)[C@@H](CCO)N(S(=O)(=O)C(C)(C)C)C2. The number of nitrogens with zero attached hydrogens (tertiary/aromatic N) is 2. The standard InChI is InChI=1S/C18H28N2O6S/c1-5-26-17(23)14-10-12-11-20(27(24,25)18(2,3)4)15(7-9-22)16(12)13(19-14)6-8-21/h10,15,21-22H,5-9,11H2,1-4H3/t15-/m1/s1. The Hall–Kier alpha value is -1.55. The number of aliphatic hydroxyl groups excluding tert-OH is 2. The van der Waals surface area contributed by atoms with Crippen molar-refractivity contribution in [2.45, 2.75) is 57.9 Å². The van der Waals surface area contributed by atoms with Crippen molar-refractivity contribution in [1.29, 1.82) is 0 Å². The molecule has 0 spiro atoms. The van der Waals surface area contributed by atoms with Gasteiger partial charge in [-0.2, -0.15) is 4.31 Å². The summed E-state index contributed by atoms with van der Waals surface area (Å²) in [5.74, 6) is -0.588. The molecule has 0 saturated heterocycles. The van der Waals surface area contributed by atoms with E-state index in [0.717, 1.165) is 0 Å². The summed E-state index contributed by atoms with van der Waals surface area (Å²) < 4.78 is 31.5. The third-order valence-corrected chi connectivity index (χ3v) is 7.10. The molecule has 0 unspecified atom stereocenters. The first-order valence-corrected chi connectivity index (χ1v) is 10.4. The molecule has 1 aromatic rings. The number of aliphatic hydroxyl groups is 2. The first-order chi connectivity index (χ1) is 12.6. The van der Waals surface area contributed by atoms with Crippen LogP contribution in [0.2, 0.25) is 0 Å². The van der Waals surface area contributed by atoms with Gasteiger partial charge >= 0.3 is 5.97 Å². The van der Waals surface area contributed by atoms with E-state index in [1.165, 1.54) is 4.31 Å². The Morgan fingerprint density at radius 1 is 1.33 bits per heavy atom. The second kappa shape index (κ2) is 8.22. The summed E-state index contributed by atoms with van der Waals surface area (Å²) in [6.07, 6.45) is 0.391. The first kappa shape index (κ1) is 21.7. The molecular formula is C18H28N2O6S. The molecule has 1 aliphatic heterocycles. The number of hydrogen-bond donors (Lipinski definition) is 2. The topological polar surface area (TPSA) is 117 Å². The third kappa shape index (κ3) is 4.16. The van der Waals surface area contributed by atoms with E-state index in [0.29, 0.717) is 16.8 Å². The van der Waals surface area contributed by atoms with E-state index in [2.05, 4.69) is 4.98 Å². The van der Waals surface area contributed by atoms with Crippen LogP contribution in [-0.2, 0) is 27.7 Å². The van der Waals surface area contributed by atoms with Gasteiger partial charge in [0.15, 0.2) is 0 Å². The Kier molecular flexibility index (Phi) is 6.62. The zero-order valence-corrected chi connectivity index (χ0v) is 17.0. The van der Waals surface area contributed by atoms with Gasteiger partial charge in [-0.05, 0) is 51.3 Å². The maximum Gasteiger partial charge on any atom is 0.356 e. The summed E-state index contributed by atoms with van der Waals surface area (Å²) in [4.78, 5) is 16.5. The van der Waals surface area contributed by atoms with Crippen molar-refractivity contribution in [3.05, 3.63) is 28.6 Å². The lowest BCUT2D eigenvalue weighted by molar-refractivity contribution is 0.0518. The molecule has 0 aliphatic carbocycles. The fraction of sp³-hybridized carbons (Fsp3) is 0.667. The second-order valence-electron chi connectivity index (χ2n) is 7.41. The summed E-state index contributed by atoms with van der Waals surface area (Å²) in [6, 6.07) is 0.969. The summed E-state index contributed by atoms with van der Waals surface area (Å²) in [5, 5.41) is 18.9. The molecule has 2 rings (SSSR count). The number of ether oxygens (including phenoxy) is 1. The average molecular weight is 400 g/mol. The minimum absolute atomic E-state index is 0.0902. The van der Waals surface area contributed by atoms with Gasteiger partial charge in [0.2, 0.25) is 10.0 Å². The van der Waals surface area contributed by atoms with Crippen LogP contribution in [0, 0.1) is 0 Å². The first-order valence-electron chi connectivity index (χ1n) is 9.01. The normalized spacial score (nSPS) is 17.8. The van der Waals surface area contributed by atoms with Crippen LogP contribution in [0.15, 0.2) is 6.07 Å². The van der Waals surface area contributed by atoms with Gasteiger partial charge in [0.1, 0.15) is 5.69 Å². The van der Waals surface area contributed by atoms with E-state index in [9.17, 15) is 23.4 Å². The Morgan fingerprint density at radius 3 is 2.52 bits per heavy atom. The van der Waals surface area contributed by atoms with Crippen LogP contribution in [0.1, 0.15) is 67.5 Å².